The molecule has 0 saturated carbocycles. The number of hydrogen-bond donors (Lipinski definition) is 2. The van der Waals surface area contributed by atoms with Crippen LogP contribution >= 0.6 is 0 Å². The topological polar surface area (TPSA) is 62.9 Å². The zero-order valence-corrected chi connectivity index (χ0v) is 14.6. The number of piperidine rings is 1. The van der Waals surface area contributed by atoms with Crippen LogP contribution in [0.3, 0.4) is 0 Å². The van der Waals surface area contributed by atoms with Gasteiger partial charge in [-0.3, -0.25) is 4.99 Å². The van der Waals surface area contributed by atoms with Crippen LogP contribution in [-0.2, 0) is 0 Å². The predicted octanol–water partition coefficient (Wildman–Crippen LogP) is 2.93. The maximum absolute atomic E-state index is 6.00. The van der Waals surface area contributed by atoms with E-state index in [1.165, 1.54) is 19.4 Å². The summed E-state index contributed by atoms with van der Waals surface area (Å²) in [6, 6.07) is 7.80. The SMILES string of the molecule is CCN1CCCC(CN=C(N)Nc2ccc(OC(C)C)cc2)C1. The molecule has 1 aliphatic rings. The molecule has 1 aromatic carbocycles. The summed E-state index contributed by atoms with van der Waals surface area (Å²) in [5.41, 5.74) is 6.93. The second-order valence-electron chi connectivity index (χ2n) is 6.44. The summed E-state index contributed by atoms with van der Waals surface area (Å²) in [7, 11) is 0. The molecule has 2 rings (SSSR count). The number of anilines is 1. The van der Waals surface area contributed by atoms with Crippen molar-refractivity contribution in [3.05, 3.63) is 24.3 Å². The van der Waals surface area contributed by atoms with Crippen molar-refractivity contribution in [3.63, 3.8) is 0 Å². The van der Waals surface area contributed by atoms with Crippen LogP contribution in [0.4, 0.5) is 5.69 Å². The smallest absolute Gasteiger partial charge is 0.193 e. The van der Waals surface area contributed by atoms with E-state index in [-0.39, 0.29) is 6.10 Å². The summed E-state index contributed by atoms with van der Waals surface area (Å²) in [6.07, 6.45) is 2.69. The molecule has 1 aromatic rings. The lowest BCUT2D eigenvalue weighted by molar-refractivity contribution is 0.187. The Morgan fingerprint density at radius 1 is 1.39 bits per heavy atom. The Kier molecular flexibility index (Phi) is 6.71. The molecule has 5 nitrogen and oxygen atoms in total. The minimum atomic E-state index is 0.179. The number of likely N-dealkylation sites (tertiary alicyclic amines) is 1. The van der Waals surface area contributed by atoms with Gasteiger partial charge < -0.3 is 20.7 Å². The Balaban J connectivity index is 1.82. The van der Waals surface area contributed by atoms with Gasteiger partial charge in [0.25, 0.3) is 0 Å². The van der Waals surface area contributed by atoms with Crippen LogP contribution in [0.5, 0.6) is 5.75 Å². The van der Waals surface area contributed by atoms with Crippen molar-refractivity contribution >= 4 is 11.6 Å². The van der Waals surface area contributed by atoms with Crippen molar-refractivity contribution in [1.82, 2.24) is 4.90 Å². The highest BCUT2D eigenvalue weighted by Gasteiger charge is 2.18. The molecule has 0 aromatic heterocycles. The van der Waals surface area contributed by atoms with Gasteiger partial charge in [0.2, 0.25) is 0 Å². The number of rotatable bonds is 6. The van der Waals surface area contributed by atoms with Gasteiger partial charge in [0.05, 0.1) is 6.10 Å². The van der Waals surface area contributed by atoms with Crippen molar-refractivity contribution in [1.29, 1.82) is 0 Å². The Labute approximate surface area is 139 Å². The van der Waals surface area contributed by atoms with E-state index in [2.05, 4.69) is 22.1 Å². The fraction of sp³-hybridized carbons (Fsp3) is 0.611. The quantitative estimate of drug-likeness (QED) is 0.625. The van der Waals surface area contributed by atoms with Gasteiger partial charge in [0.1, 0.15) is 5.75 Å². The van der Waals surface area contributed by atoms with E-state index in [0.29, 0.717) is 11.9 Å². The molecule has 5 heteroatoms. The fourth-order valence-corrected chi connectivity index (χ4v) is 2.89. The Hall–Kier alpha value is -1.75. The first-order valence-electron chi connectivity index (χ1n) is 8.62. The number of guanidine groups is 1. The minimum Gasteiger partial charge on any atom is -0.491 e. The third-order valence-electron chi connectivity index (χ3n) is 4.07. The van der Waals surface area contributed by atoms with Gasteiger partial charge in [0, 0.05) is 18.8 Å². The molecule has 1 aliphatic heterocycles. The predicted molar refractivity (Wildman–Crippen MR) is 97.2 cm³/mol. The molecule has 0 amide bonds. The summed E-state index contributed by atoms with van der Waals surface area (Å²) >= 11 is 0. The average molecular weight is 318 g/mol. The molecular formula is C18H30N4O. The number of benzene rings is 1. The summed E-state index contributed by atoms with van der Waals surface area (Å²) in [4.78, 5) is 6.99. The molecule has 1 fully saturated rings. The lowest BCUT2D eigenvalue weighted by Crippen LogP contribution is -2.36. The molecule has 23 heavy (non-hydrogen) atoms. The van der Waals surface area contributed by atoms with Crippen LogP contribution in [0.1, 0.15) is 33.6 Å². The molecule has 3 N–H and O–H groups in total. The van der Waals surface area contributed by atoms with Gasteiger partial charge in [-0.1, -0.05) is 6.92 Å². The minimum absolute atomic E-state index is 0.179. The molecule has 1 saturated heterocycles. The van der Waals surface area contributed by atoms with Crippen LogP contribution in [0, 0.1) is 5.92 Å². The van der Waals surface area contributed by atoms with Crippen LogP contribution in [0.15, 0.2) is 29.3 Å². The van der Waals surface area contributed by atoms with E-state index in [0.717, 1.165) is 31.1 Å². The highest BCUT2D eigenvalue weighted by molar-refractivity contribution is 5.92. The number of hydrogen-bond acceptors (Lipinski definition) is 3. The zero-order valence-electron chi connectivity index (χ0n) is 14.6. The first-order valence-corrected chi connectivity index (χ1v) is 8.62. The second-order valence-corrected chi connectivity index (χ2v) is 6.44. The highest BCUT2D eigenvalue weighted by Crippen LogP contribution is 2.18. The summed E-state index contributed by atoms with van der Waals surface area (Å²) in [6.45, 7) is 10.5. The van der Waals surface area contributed by atoms with E-state index in [1.54, 1.807) is 0 Å². The maximum atomic E-state index is 6.00. The van der Waals surface area contributed by atoms with Crippen LogP contribution < -0.4 is 15.8 Å². The summed E-state index contributed by atoms with van der Waals surface area (Å²) < 4.78 is 5.63. The number of nitrogens with two attached hydrogens (primary N) is 1. The molecule has 128 valence electrons. The van der Waals surface area contributed by atoms with Gasteiger partial charge in [0.15, 0.2) is 5.96 Å². The van der Waals surface area contributed by atoms with E-state index in [1.807, 2.05) is 38.1 Å². The Morgan fingerprint density at radius 3 is 2.78 bits per heavy atom. The van der Waals surface area contributed by atoms with Crippen LogP contribution in [0.2, 0.25) is 0 Å². The van der Waals surface area contributed by atoms with Gasteiger partial charge in [-0.15, -0.1) is 0 Å². The third kappa shape index (κ3) is 6.10. The Bertz CT molecular complexity index is 498. The van der Waals surface area contributed by atoms with Crippen LogP contribution in [0.25, 0.3) is 0 Å². The van der Waals surface area contributed by atoms with E-state index >= 15 is 0 Å². The molecular weight excluding hydrogens is 288 g/mol. The van der Waals surface area contributed by atoms with Crippen molar-refractivity contribution in [2.24, 2.45) is 16.6 Å². The van der Waals surface area contributed by atoms with E-state index in [9.17, 15) is 0 Å². The lowest BCUT2D eigenvalue weighted by atomic mass is 9.98. The molecule has 0 radical (unpaired) electrons. The number of nitrogens with one attached hydrogen (secondary N) is 1. The molecule has 0 bridgehead atoms. The monoisotopic (exact) mass is 318 g/mol. The largest absolute Gasteiger partial charge is 0.491 e. The number of ether oxygens (including phenoxy) is 1. The van der Waals surface area contributed by atoms with Gasteiger partial charge in [-0.2, -0.15) is 0 Å². The van der Waals surface area contributed by atoms with Crippen molar-refractivity contribution in [2.45, 2.75) is 39.7 Å². The highest BCUT2D eigenvalue weighted by atomic mass is 16.5. The molecule has 0 aliphatic carbocycles. The van der Waals surface area contributed by atoms with Crippen LogP contribution in [-0.4, -0.2) is 43.1 Å². The van der Waals surface area contributed by atoms with Gasteiger partial charge >= 0.3 is 0 Å². The molecule has 1 heterocycles. The lowest BCUT2D eigenvalue weighted by Gasteiger charge is -2.30. The maximum Gasteiger partial charge on any atom is 0.193 e. The van der Waals surface area contributed by atoms with Gasteiger partial charge in [-0.25, -0.2) is 0 Å². The van der Waals surface area contributed by atoms with Crippen molar-refractivity contribution in [2.75, 3.05) is 31.5 Å². The number of nitrogens with zero attached hydrogens (tertiary/aromatic N) is 2. The van der Waals surface area contributed by atoms with E-state index < -0.39 is 0 Å². The first kappa shape index (κ1) is 17.6. The normalized spacial score (nSPS) is 19.8. The van der Waals surface area contributed by atoms with Crippen molar-refractivity contribution < 1.29 is 4.74 Å². The number of aliphatic imine (C=N–C) groups is 1. The first-order chi connectivity index (χ1) is 11.1. The van der Waals surface area contributed by atoms with Gasteiger partial charge in [-0.05, 0) is 70.0 Å². The molecule has 1 unspecified atom stereocenters. The zero-order chi connectivity index (χ0) is 16.7. The Morgan fingerprint density at radius 2 is 2.13 bits per heavy atom. The summed E-state index contributed by atoms with van der Waals surface area (Å²) in [5.74, 6) is 1.96. The summed E-state index contributed by atoms with van der Waals surface area (Å²) in [5, 5.41) is 3.15. The molecule has 0 spiro atoms. The molecule has 1 atom stereocenters. The second kappa shape index (κ2) is 8.77. The standard InChI is InChI=1S/C18H30N4O/c1-4-22-11-5-6-15(13-22)12-20-18(19)21-16-7-9-17(10-8-16)23-14(2)3/h7-10,14-15H,4-6,11-13H2,1-3H3,(H3,19,20,21). The average Bonchev–Trinajstić information content (AvgIpc) is 2.54. The third-order valence-corrected chi connectivity index (χ3v) is 4.07. The van der Waals surface area contributed by atoms with Crippen molar-refractivity contribution in [3.8, 4) is 5.75 Å². The fourth-order valence-electron chi connectivity index (χ4n) is 2.89. The van der Waals surface area contributed by atoms with E-state index in [4.69, 9.17) is 10.5 Å².